The molecule has 2 saturated heterocycles. The summed E-state index contributed by atoms with van der Waals surface area (Å²) < 4.78 is 11.1. The number of aliphatic carboxylic acids is 5. The van der Waals surface area contributed by atoms with Crippen LogP contribution >= 0.6 is 0 Å². The van der Waals surface area contributed by atoms with Gasteiger partial charge in [0.25, 0.3) is 0 Å². The van der Waals surface area contributed by atoms with Crippen molar-refractivity contribution >= 4 is 29.8 Å². The van der Waals surface area contributed by atoms with Crippen LogP contribution in [0.15, 0.2) is 0 Å². The van der Waals surface area contributed by atoms with Crippen molar-refractivity contribution in [3.8, 4) is 0 Å². The predicted octanol–water partition coefficient (Wildman–Crippen LogP) is 19.6. The Balaban J connectivity index is 0.000000102. The Morgan fingerprint density at radius 2 is 0.625 bits per heavy atom. The molecule has 0 radical (unpaired) electrons. The molecule has 0 aromatic heterocycles. The van der Waals surface area contributed by atoms with Gasteiger partial charge in [-0.2, -0.15) is 0 Å². The SMILES string of the molecule is CC1C(C)C2CC1C1C3CC(C(=O)O)C(C3)C21.CC1C(C)C2CC1C1C3CC(CC(=O)O)C(C3)C21.CC1C(C)C2CCC1C1C3CCC(C(C(=O)O)C3)C21.CC1C2CC(C(=O)O)C(C2)C1C.CC1C2CC(O)C(C2)C1C.CC1C2CCC(C(C(=O)O)C2)C1C.CC1C2CCC(C(O)C2)C1C.COCC1CC2OC1C(C)C2C. The van der Waals surface area contributed by atoms with Gasteiger partial charge >= 0.3 is 29.8 Å². The number of hydrogen-bond donors (Lipinski definition) is 7. The summed E-state index contributed by atoms with van der Waals surface area (Å²) in [6.07, 6.45) is 28.3. The molecule has 0 spiro atoms. The van der Waals surface area contributed by atoms with E-state index in [0.29, 0.717) is 89.6 Å². The highest BCUT2D eigenvalue weighted by molar-refractivity contribution is 5.72. The van der Waals surface area contributed by atoms with Crippen LogP contribution in [0, 0.1) is 284 Å². The van der Waals surface area contributed by atoms with E-state index < -0.39 is 29.8 Å². The number of ether oxygens (including phenoxy) is 2. The Morgan fingerprint density at radius 1 is 0.277 bits per heavy atom. The minimum atomic E-state index is -0.575. The molecule has 26 aliphatic rings. The van der Waals surface area contributed by atoms with Gasteiger partial charge in [-0.05, 0) is 396 Å². The van der Waals surface area contributed by atoms with Crippen LogP contribution in [0.4, 0.5) is 0 Å². The van der Waals surface area contributed by atoms with Gasteiger partial charge in [-0.15, -0.1) is 0 Å². The van der Waals surface area contributed by atoms with Gasteiger partial charge in [0.1, 0.15) is 0 Å². The molecule has 14 heteroatoms. The Morgan fingerprint density at radius 3 is 1.11 bits per heavy atom. The first-order valence-corrected chi connectivity index (χ1v) is 47.7. The molecule has 52 unspecified atom stereocenters. The zero-order chi connectivity index (χ0) is 80.3. The fourth-order valence-corrected chi connectivity index (χ4v) is 35.7. The fourth-order valence-electron chi connectivity index (χ4n) is 35.7. The van der Waals surface area contributed by atoms with Crippen LogP contribution in [0.5, 0.6) is 0 Å². The van der Waals surface area contributed by atoms with E-state index in [9.17, 15) is 44.4 Å². The van der Waals surface area contributed by atoms with Crippen LogP contribution in [0.1, 0.15) is 258 Å². The van der Waals surface area contributed by atoms with E-state index >= 15 is 0 Å². The third kappa shape index (κ3) is 14.6. The second kappa shape index (κ2) is 33.0. The van der Waals surface area contributed by atoms with Gasteiger partial charge in [0.05, 0.1) is 54.7 Å². The topological polar surface area (TPSA) is 245 Å². The number of carbonyl (C=O) groups is 5. The number of aliphatic hydroxyl groups is 2. The number of aliphatic hydroxyl groups excluding tert-OH is 2. The molecule has 0 aromatic rings. The number of rotatable bonds is 8. The highest BCUT2D eigenvalue weighted by atomic mass is 16.5. The van der Waals surface area contributed by atoms with Crippen LogP contribution in [-0.2, 0) is 33.4 Å². The van der Waals surface area contributed by atoms with E-state index in [1.54, 1.807) is 7.11 Å². The molecule has 2 heterocycles. The summed E-state index contributed by atoms with van der Waals surface area (Å²) in [7, 11) is 1.78. The standard InChI is InChI=1S/C17H26O2.C16H24O2.C15H22O2.C11H18O2.C10H18O2.C10H16O2.C10H18O.C9H16O/c1-8-9(2)12-6-5-11(8)15-10-3-4-13(16(12)15)14(7-10)17(18)19;1-7-8(2)12-6-11(7)15-10-3-9(5-14(17)18)13(4-10)16(12)15;1-6-7(2)10-5-9(6)13-8-3-11(14(10)13)12(4-8)15(16)17;1-6-7(2)9-4-3-8(6)5-10(9)11(12)13;1-6-7(2)10-8(5-11-3)4-9(6)12-10;1-5-6(2)8-3-7(5)4-9(8)10(11)12;1-6-7(2)9-4-3-8(6)5-10(9)11;1-5-6(2)8-3-7(5)4-9(8)10/h8-16H,3-7H2,1-2H3,(H,18,19);7-13,15-16H,3-6H2,1-2H3,(H,17,18);6-14H,3-5H2,1-2H3,(H,16,17);6-10H,3-5H2,1-2H3,(H,12,13);6-10H,4-5H2,1-3H3;5-9H,3-4H2,1-2H3,(H,11,12);6-11H,3-5H2,1-2H3;5-10H,3-4H2,1-2H3. The molecule has 26 fully saturated rings. The van der Waals surface area contributed by atoms with Crippen LogP contribution < -0.4 is 0 Å². The van der Waals surface area contributed by atoms with E-state index in [1.807, 2.05) is 0 Å². The summed E-state index contributed by atoms with van der Waals surface area (Å²) in [5.41, 5.74) is 0. The van der Waals surface area contributed by atoms with Crippen LogP contribution in [0.3, 0.4) is 0 Å². The van der Waals surface area contributed by atoms with Gasteiger partial charge in [-0.1, -0.05) is 111 Å². The van der Waals surface area contributed by atoms with Gasteiger partial charge in [0, 0.05) is 19.4 Å². The second-order valence-electron chi connectivity index (χ2n) is 45.4. The van der Waals surface area contributed by atoms with Crippen molar-refractivity contribution in [1.29, 1.82) is 0 Å². The summed E-state index contributed by atoms with van der Waals surface area (Å²) >= 11 is 0. The summed E-state index contributed by atoms with van der Waals surface area (Å²) in [4.78, 5) is 55.7. The molecule has 634 valence electrons. The molecule has 112 heavy (non-hydrogen) atoms. The third-order valence-electron chi connectivity index (χ3n) is 42.7. The number of methoxy groups -OCH3 is 1. The molecule has 24 aliphatic carbocycles. The molecule has 0 amide bonds. The van der Waals surface area contributed by atoms with Gasteiger partial charge in [0.2, 0.25) is 0 Å². The van der Waals surface area contributed by atoms with Gasteiger partial charge in [0.15, 0.2) is 0 Å². The maximum Gasteiger partial charge on any atom is 0.306 e. The molecule has 0 aromatic carbocycles. The molecule has 22 bridgehead atoms. The molecule has 52 atom stereocenters. The lowest BCUT2D eigenvalue weighted by Gasteiger charge is -2.65. The highest BCUT2D eigenvalue weighted by Crippen LogP contribution is 2.74. The minimum absolute atomic E-state index is 0.00288. The quantitative estimate of drug-likeness (QED) is 0.112. The summed E-state index contributed by atoms with van der Waals surface area (Å²) in [5, 5.41) is 65.1. The van der Waals surface area contributed by atoms with Gasteiger partial charge < -0.3 is 45.2 Å². The summed E-state index contributed by atoms with van der Waals surface area (Å²) in [6, 6.07) is 0. The van der Waals surface area contributed by atoms with E-state index in [1.165, 1.54) is 96.3 Å². The zero-order valence-corrected chi connectivity index (χ0v) is 72.5. The van der Waals surface area contributed by atoms with E-state index in [0.717, 1.165) is 241 Å². The van der Waals surface area contributed by atoms with Crippen molar-refractivity contribution in [2.75, 3.05) is 13.7 Å². The number of carboxylic acid groups (broad SMARTS) is 5. The first-order valence-electron chi connectivity index (χ1n) is 47.7. The maximum atomic E-state index is 11.6. The van der Waals surface area contributed by atoms with Crippen molar-refractivity contribution in [2.24, 2.45) is 284 Å². The average Bonchev–Trinajstić information content (AvgIpc) is 1.42. The Bertz CT molecular complexity index is 3310. The first-order chi connectivity index (χ1) is 53.1. The van der Waals surface area contributed by atoms with E-state index in [-0.39, 0.29) is 35.9 Å². The molecular formula is C98H158O14. The monoisotopic (exact) mass is 1560 g/mol. The first kappa shape index (κ1) is 84.2. The van der Waals surface area contributed by atoms with Crippen molar-refractivity contribution < 1.29 is 69.2 Å². The second-order valence-corrected chi connectivity index (χ2v) is 45.4. The van der Waals surface area contributed by atoms with E-state index in [2.05, 4.69) is 111 Å². The maximum absolute atomic E-state index is 11.6. The van der Waals surface area contributed by atoms with Crippen LogP contribution in [0.25, 0.3) is 0 Å². The van der Waals surface area contributed by atoms with Crippen molar-refractivity contribution in [3.05, 3.63) is 0 Å². The summed E-state index contributed by atoms with van der Waals surface area (Å²) in [5.74, 6) is 31.2. The Hall–Kier alpha value is -2.81. The number of hydrogen-bond acceptors (Lipinski definition) is 9. The van der Waals surface area contributed by atoms with Crippen LogP contribution in [-0.4, -0.2) is 104 Å². The molecule has 14 nitrogen and oxygen atoms in total. The molecule has 24 saturated carbocycles. The zero-order valence-electron chi connectivity index (χ0n) is 72.5. The smallest absolute Gasteiger partial charge is 0.306 e. The molecule has 7 N–H and O–H groups in total. The van der Waals surface area contributed by atoms with Gasteiger partial charge in [-0.25, -0.2) is 0 Å². The van der Waals surface area contributed by atoms with Crippen molar-refractivity contribution in [3.63, 3.8) is 0 Å². The van der Waals surface area contributed by atoms with Gasteiger partial charge in [-0.3, -0.25) is 24.0 Å². The number of carboxylic acids is 5. The lowest BCUT2D eigenvalue weighted by molar-refractivity contribution is -0.185. The fraction of sp³-hybridized carbons (Fsp3) is 0.949. The average molecular weight is 1560 g/mol. The van der Waals surface area contributed by atoms with E-state index in [4.69, 9.17) is 24.8 Å². The predicted molar refractivity (Wildman–Crippen MR) is 435 cm³/mol. The Kier molecular flexibility index (Phi) is 24.8. The number of fused-ring (bicyclic) bond motifs is 34. The lowest BCUT2D eigenvalue weighted by atomic mass is 9.39. The molecule has 26 rings (SSSR count). The molecular weight excluding hydrogens is 1400 g/mol. The summed E-state index contributed by atoms with van der Waals surface area (Å²) in [6.45, 7) is 38.4. The Labute approximate surface area is 676 Å². The van der Waals surface area contributed by atoms with Crippen LogP contribution in [0.2, 0.25) is 0 Å². The molecule has 2 aliphatic heterocycles. The lowest BCUT2D eigenvalue weighted by Crippen LogP contribution is -2.60. The normalized spacial score (nSPS) is 56.9. The van der Waals surface area contributed by atoms with Crippen molar-refractivity contribution in [1.82, 2.24) is 0 Å². The highest BCUT2D eigenvalue weighted by Gasteiger charge is 2.69. The third-order valence-corrected chi connectivity index (χ3v) is 42.7. The van der Waals surface area contributed by atoms with Crippen molar-refractivity contribution in [2.45, 2.75) is 283 Å². The largest absolute Gasteiger partial charge is 0.481 e. The minimum Gasteiger partial charge on any atom is -0.481 e.